The van der Waals surface area contributed by atoms with Crippen molar-refractivity contribution in [3.8, 4) is 0 Å². The topological polar surface area (TPSA) is 17.1 Å². The molecule has 0 spiro atoms. The molecule has 3 heteroatoms. The molecule has 0 aliphatic rings. The number of alkyl halides is 1. The van der Waals surface area contributed by atoms with Crippen LogP contribution >= 0.6 is 22.9 Å². The Morgan fingerprint density at radius 1 is 1.13 bits per heavy atom. The Morgan fingerprint density at radius 2 is 1.87 bits per heavy atom. The minimum absolute atomic E-state index is 0.0666. The van der Waals surface area contributed by atoms with Gasteiger partial charge in [0, 0.05) is 10.4 Å². The fourth-order valence-corrected chi connectivity index (χ4v) is 2.38. The van der Waals surface area contributed by atoms with Crippen LogP contribution in [0.25, 0.3) is 0 Å². The Morgan fingerprint density at radius 3 is 2.47 bits per heavy atom. The molecule has 0 amide bonds. The van der Waals surface area contributed by atoms with Crippen molar-refractivity contribution in [2.45, 2.75) is 5.88 Å². The van der Waals surface area contributed by atoms with Crippen LogP contribution in [0.2, 0.25) is 0 Å². The molecule has 1 aromatic heterocycles. The second kappa shape index (κ2) is 4.60. The summed E-state index contributed by atoms with van der Waals surface area (Å²) in [7, 11) is 0. The molecule has 0 radical (unpaired) electrons. The molecule has 0 bridgehead atoms. The minimum Gasteiger partial charge on any atom is -0.288 e. The van der Waals surface area contributed by atoms with Gasteiger partial charge in [-0.1, -0.05) is 30.3 Å². The summed E-state index contributed by atoms with van der Waals surface area (Å²) in [5.41, 5.74) is 0.723. The maximum atomic E-state index is 11.9. The highest BCUT2D eigenvalue weighted by Gasteiger charge is 2.10. The van der Waals surface area contributed by atoms with Gasteiger partial charge in [-0.05, 0) is 12.1 Å². The van der Waals surface area contributed by atoms with Crippen molar-refractivity contribution in [2.24, 2.45) is 0 Å². The molecule has 76 valence electrons. The van der Waals surface area contributed by atoms with Gasteiger partial charge in [0.1, 0.15) is 0 Å². The van der Waals surface area contributed by atoms with E-state index in [0.717, 1.165) is 15.3 Å². The highest BCUT2D eigenvalue weighted by atomic mass is 35.5. The Balaban J connectivity index is 2.29. The standard InChI is InChI=1S/C12H9ClOS/c13-8-10-6-7-11(15-10)12(14)9-4-2-1-3-5-9/h1-7H,8H2. The highest BCUT2D eigenvalue weighted by molar-refractivity contribution is 7.14. The molecule has 1 aromatic carbocycles. The van der Waals surface area contributed by atoms with Gasteiger partial charge in [-0.25, -0.2) is 0 Å². The Hall–Kier alpha value is -1.12. The van der Waals surface area contributed by atoms with Crippen LogP contribution in [-0.2, 0) is 5.88 Å². The maximum Gasteiger partial charge on any atom is 0.202 e. The summed E-state index contributed by atoms with van der Waals surface area (Å²) < 4.78 is 0. The van der Waals surface area contributed by atoms with Crippen molar-refractivity contribution in [1.29, 1.82) is 0 Å². The second-order valence-corrected chi connectivity index (χ2v) is 4.53. The third-order valence-corrected chi connectivity index (χ3v) is 3.58. The molecule has 2 aromatic rings. The fraction of sp³-hybridized carbons (Fsp3) is 0.0833. The lowest BCUT2D eigenvalue weighted by molar-refractivity contribution is 0.104. The summed E-state index contributed by atoms with van der Waals surface area (Å²) in [6.07, 6.45) is 0. The third kappa shape index (κ3) is 2.28. The van der Waals surface area contributed by atoms with E-state index in [1.165, 1.54) is 11.3 Å². The van der Waals surface area contributed by atoms with Crippen LogP contribution in [0.4, 0.5) is 0 Å². The van der Waals surface area contributed by atoms with E-state index in [2.05, 4.69) is 0 Å². The quantitative estimate of drug-likeness (QED) is 0.587. The average Bonchev–Trinajstić information content (AvgIpc) is 2.78. The molecule has 0 aliphatic heterocycles. The largest absolute Gasteiger partial charge is 0.288 e. The van der Waals surface area contributed by atoms with Crippen molar-refractivity contribution < 1.29 is 4.79 Å². The van der Waals surface area contributed by atoms with Crippen molar-refractivity contribution in [3.63, 3.8) is 0 Å². The molecular formula is C12H9ClOS. The Kier molecular flexibility index (Phi) is 3.19. The van der Waals surface area contributed by atoms with Gasteiger partial charge in [-0.15, -0.1) is 22.9 Å². The van der Waals surface area contributed by atoms with Crippen molar-refractivity contribution in [3.05, 3.63) is 57.8 Å². The molecule has 0 aliphatic carbocycles. The summed E-state index contributed by atoms with van der Waals surface area (Å²) in [6.45, 7) is 0. The molecule has 0 saturated heterocycles. The molecule has 1 nitrogen and oxygen atoms in total. The van der Waals surface area contributed by atoms with Gasteiger partial charge in [-0.2, -0.15) is 0 Å². The molecular weight excluding hydrogens is 228 g/mol. The summed E-state index contributed by atoms with van der Waals surface area (Å²) >= 11 is 7.14. The van der Waals surface area contributed by atoms with E-state index in [9.17, 15) is 4.79 Å². The number of halogens is 1. The lowest BCUT2D eigenvalue weighted by Gasteiger charge is -1.96. The first-order valence-corrected chi connectivity index (χ1v) is 5.91. The normalized spacial score (nSPS) is 10.2. The van der Waals surface area contributed by atoms with E-state index in [-0.39, 0.29) is 5.78 Å². The Bertz CT molecular complexity index is 461. The molecule has 15 heavy (non-hydrogen) atoms. The fourth-order valence-electron chi connectivity index (χ4n) is 1.30. The van der Waals surface area contributed by atoms with E-state index >= 15 is 0 Å². The summed E-state index contributed by atoms with van der Waals surface area (Å²) in [4.78, 5) is 13.7. The van der Waals surface area contributed by atoms with Gasteiger partial charge < -0.3 is 0 Å². The molecule has 0 atom stereocenters. The van der Waals surface area contributed by atoms with Crippen LogP contribution in [0.15, 0.2) is 42.5 Å². The van der Waals surface area contributed by atoms with E-state index < -0.39 is 0 Å². The van der Waals surface area contributed by atoms with Gasteiger partial charge in [0.15, 0.2) is 0 Å². The van der Waals surface area contributed by atoms with Gasteiger partial charge >= 0.3 is 0 Å². The summed E-state index contributed by atoms with van der Waals surface area (Å²) in [6, 6.07) is 13.0. The monoisotopic (exact) mass is 236 g/mol. The number of carbonyl (C=O) groups excluding carboxylic acids is 1. The first kappa shape index (κ1) is 10.4. The molecule has 0 unspecified atom stereocenters. The highest BCUT2D eigenvalue weighted by Crippen LogP contribution is 2.21. The van der Waals surface area contributed by atoms with Crippen LogP contribution in [-0.4, -0.2) is 5.78 Å². The van der Waals surface area contributed by atoms with Crippen molar-refractivity contribution in [1.82, 2.24) is 0 Å². The predicted octanol–water partition coefficient (Wildman–Crippen LogP) is 3.72. The number of ketones is 1. The lowest BCUT2D eigenvalue weighted by Crippen LogP contribution is -1.97. The second-order valence-electron chi connectivity index (χ2n) is 3.09. The van der Waals surface area contributed by atoms with Gasteiger partial charge in [0.2, 0.25) is 5.78 Å². The molecule has 1 heterocycles. The van der Waals surface area contributed by atoms with E-state index in [1.807, 2.05) is 42.5 Å². The minimum atomic E-state index is 0.0666. The zero-order valence-corrected chi connectivity index (χ0v) is 9.52. The van der Waals surface area contributed by atoms with Gasteiger partial charge in [-0.3, -0.25) is 4.79 Å². The lowest BCUT2D eigenvalue weighted by atomic mass is 10.1. The SMILES string of the molecule is O=C(c1ccccc1)c1ccc(CCl)s1. The zero-order chi connectivity index (χ0) is 10.7. The number of carbonyl (C=O) groups is 1. The Labute approximate surface area is 97.3 Å². The van der Waals surface area contributed by atoms with Crippen LogP contribution in [0, 0.1) is 0 Å². The van der Waals surface area contributed by atoms with Crippen LogP contribution in [0.1, 0.15) is 20.1 Å². The van der Waals surface area contributed by atoms with Crippen molar-refractivity contribution >= 4 is 28.7 Å². The number of hydrogen-bond acceptors (Lipinski definition) is 2. The van der Waals surface area contributed by atoms with E-state index in [0.29, 0.717) is 5.88 Å². The summed E-state index contributed by atoms with van der Waals surface area (Å²) in [5, 5.41) is 0. The number of benzene rings is 1. The number of hydrogen-bond donors (Lipinski definition) is 0. The van der Waals surface area contributed by atoms with Gasteiger partial charge in [0.25, 0.3) is 0 Å². The maximum absolute atomic E-state index is 11.9. The average molecular weight is 237 g/mol. The molecule has 0 N–H and O–H groups in total. The van der Waals surface area contributed by atoms with E-state index in [4.69, 9.17) is 11.6 Å². The first-order valence-electron chi connectivity index (χ1n) is 4.55. The van der Waals surface area contributed by atoms with Crippen LogP contribution < -0.4 is 0 Å². The smallest absolute Gasteiger partial charge is 0.202 e. The van der Waals surface area contributed by atoms with E-state index in [1.54, 1.807) is 0 Å². The molecule has 0 fully saturated rings. The number of rotatable bonds is 3. The van der Waals surface area contributed by atoms with Crippen LogP contribution in [0.3, 0.4) is 0 Å². The third-order valence-electron chi connectivity index (χ3n) is 2.05. The number of thiophene rings is 1. The molecule has 0 saturated carbocycles. The zero-order valence-electron chi connectivity index (χ0n) is 7.94. The van der Waals surface area contributed by atoms with Crippen LogP contribution in [0.5, 0.6) is 0 Å². The first-order chi connectivity index (χ1) is 7.31. The van der Waals surface area contributed by atoms with Crippen molar-refractivity contribution in [2.75, 3.05) is 0 Å². The predicted molar refractivity (Wildman–Crippen MR) is 63.8 cm³/mol. The molecule has 2 rings (SSSR count). The van der Waals surface area contributed by atoms with Gasteiger partial charge in [0.05, 0.1) is 10.8 Å². The summed E-state index contributed by atoms with van der Waals surface area (Å²) in [5.74, 6) is 0.532.